The molecule has 0 amide bonds. The van der Waals surface area contributed by atoms with Crippen LogP contribution in [-0.4, -0.2) is 26.2 Å². The van der Waals surface area contributed by atoms with E-state index in [9.17, 15) is 4.79 Å². The Morgan fingerprint density at radius 3 is 2.60 bits per heavy atom. The first kappa shape index (κ1) is 9.39. The van der Waals surface area contributed by atoms with E-state index in [0.29, 0.717) is 0 Å². The Labute approximate surface area is 60.1 Å². The molecule has 10 heavy (non-hydrogen) atoms. The summed E-state index contributed by atoms with van der Waals surface area (Å²) in [6.07, 6.45) is -0.530. The van der Waals surface area contributed by atoms with Gasteiger partial charge in [-0.15, -0.1) is 0 Å². The zero-order chi connectivity index (χ0) is 7.98. The highest BCUT2D eigenvalue weighted by Crippen LogP contribution is 1.92. The minimum atomic E-state index is -0.530. The van der Waals surface area contributed by atoms with E-state index in [-0.39, 0.29) is 12.8 Å². The van der Waals surface area contributed by atoms with E-state index < -0.39 is 6.29 Å². The molecule has 4 heteroatoms. The van der Waals surface area contributed by atoms with E-state index in [0.717, 1.165) is 0 Å². The maximum atomic E-state index is 10.3. The lowest BCUT2D eigenvalue weighted by Crippen LogP contribution is -2.17. The van der Waals surface area contributed by atoms with Crippen molar-refractivity contribution < 1.29 is 19.0 Å². The van der Waals surface area contributed by atoms with Gasteiger partial charge in [0, 0.05) is 14.0 Å². The molecule has 60 valence electrons. The van der Waals surface area contributed by atoms with Crippen LogP contribution in [-0.2, 0) is 19.0 Å². The molecular weight excluding hydrogens is 136 g/mol. The second-order valence-electron chi connectivity index (χ2n) is 1.75. The average molecular weight is 148 g/mol. The first-order chi connectivity index (χ1) is 4.66. The standard InChI is InChI=1S/C6H12O4/c1-5(7)10-6(2)9-4-8-3/h6H,4H2,1-3H3. The van der Waals surface area contributed by atoms with Crippen molar-refractivity contribution in [3.63, 3.8) is 0 Å². The van der Waals surface area contributed by atoms with E-state index in [4.69, 9.17) is 4.74 Å². The minimum Gasteiger partial charge on any atom is -0.436 e. The van der Waals surface area contributed by atoms with Crippen LogP contribution in [0.2, 0.25) is 0 Å². The van der Waals surface area contributed by atoms with Crippen LogP contribution >= 0.6 is 0 Å². The van der Waals surface area contributed by atoms with E-state index in [2.05, 4.69) is 9.47 Å². The summed E-state index contributed by atoms with van der Waals surface area (Å²) < 4.78 is 14.0. The molecule has 0 N–H and O–H groups in total. The van der Waals surface area contributed by atoms with Gasteiger partial charge < -0.3 is 14.2 Å². The molecule has 1 atom stereocenters. The third-order valence-electron chi connectivity index (χ3n) is 0.753. The Balaban J connectivity index is 3.25. The zero-order valence-corrected chi connectivity index (χ0v) is 6.42. The van der Waals surface area contributed by atoms with Crippen LogP contribution in [0.4, 0.5) is 0 Å². The molecule has 0 aliphatic carbocycles. The molecule has 0 spiro atoms. The highest BCUT2D eigenvalue weighted by Gasteiger charge is 2.02. The van der Waals surface area contributed by atoms with Gasteiger partial charge in [-0.05, 0) is 6.92 Å². The van der Waals surface area contributed by atoms with Gasteiger partial charge in [0.2, 0.25) is 6.29 Å². The summed E-state index contributed by atoms with van der Waals surface area (Å²) in [7, 11) is 1.50. The molecule has 4 nitrogen and oxygen atoms in total. The molecular formula is C6H12O4. The van der Waals surface area contributed by atoms with Crippen molar-refractivity contribution >= 4 is 5.97 Å². The second-order valence-corrected chi connectivity index (χ2v) is 1.75. The SMILES string of the molecule is COCOC(C)OC(C)=O. The van der Waals surface area contributed by atoms with Gasteiger partial charge >= 0.3 is 5.97 Å². The summed E-state index contributed by atoms with van der Waals surface area (Å²) in [5, 5.41) is 0. The van der Waals surface area contributed by atoms with Crippen molar-refractivity contribution in [3.05, 3.63) is 0 Å². The Kier molecular flexibility index (Phi) is 4.88. The second kappa shape index (κ2) is 5.20. The van der Waals surface area contributed by atoms with Gasteiger partial charge in [-0.25, -0.2) is 0 Å². The molecule has 0 saturated heterocycles. The summed E-state index contributed by atoms with van der Waals surface area (Å²) >= 11 is 0. The van der Waals surface area contributed by atoms with Gasteiger partial charge in [-0.3, -0.25) is 4.79 Å². The van der Waals surface area contributed by atoms with Crippen molar-refractivity contribution in [2.45, 2.75) is 20.1 Å². The van der Waals surface area contributed by atoms with Crippen LogP contribution in [0.1, 0.15) is 13.8 Å². The molecule has 0 aliphatic heterocycles. The Bertz CT molecular complexity index is 102. The third kappa shape index (κ3) is 5.53. The first-order valence-electron chi connectivity index (χ1n) is 2.94. The Morgan fingerprint density at radius 1 is 1.60 bits per heavy atom. The van der Waals surface area contributed by atoms with Crippen molar-refractivity contribution in [2.75, 3.05) is 13.9 Å². The average Bonchev–Trinajstić information content (AvgIpc) is 1.82. The maximum absolute atomic E-state index is 10.3. The molecule has 1 unspecified atom stereocenters. The smallest absolute Gasteiger partial charge is 0.304 e. The minimum absolute atomic E-state index is 0.133. The van der Waals surface area contributed by atoms with E-state index in [1.54, 1.807) is 6.92 Å². The highest BCUT2D eigenvalue weighted by atomic mass is 16.8. The largest absolute Gasteiger partial charge is 0.436 e. The monoisotopic (exact) mass is 148 g/mol. The summed E-state index contributed by atoms with van der Waals surface area (Å²) in [6.45, 7) is 3.08. The first-order valence-corrected chi connectivity index (χ1v) is 2.94. The number of hydrogen-bond acceptors (Lipinski definition) is 4. The third-order valence-corrected chi connectivity index (χ3v) is 0.753. The highest BCUT2D eigenvalue weighted by molar-refractivity contribution is 5.65. The Morgan fingerprint density at radius 2 is 2.20 bits per heavy atom. The van der Waals surface area contributed by atoms with Gasteiger partial charge in [-0.1, -0.05) is 0 Å². The van der Waals surface area contributed by atoms with Crippen LogP contribution in [0.15, 0.2) is 0 Å². The molecule has 0 aromatic rings. The normalized spacial score (nSPS) is 12.7. The summed E-state index contributed by atoms with van der Waals surface area (Å²) in [6, 6.07) is 0. The van der Waals surface area contributed by atoms with Gasteiger partial charge in [-0.2, -0.15) is 0 Å². The van der Waals surface area contributed by atoms with Crippen molar-refractivity contribution in [1.29, 1.82) is 0 Å². The molecule has 0 aromatic heterocycles. The van der Waals surface area contributed by atoms with Crippen molar-refractivity contribution in [2.24, 2.45) is 0 Å². The molecule has 0 aromatic carbocycles. The van der Waals surface area contributed by atoms with Crippen molar-refractivity contribution in [3.8, 4) is 0 Å². The fourth-order valence-corrected chi connectivity index (χ4v) is 0.432. The lowest BCUT2D eigenvalue weighted by Gasteiger charge is -2.10. The fourth-order valence-electron chi connectivity index (χ4n) is 0.432. The molecule has 0 fully saturated rings. The predicted octanol–water partition coefficient (Wildman–Crippen LogP) is 0.516. The van der Waals surface area contributed by atoms with E-state index in [1.165, 1.54) is 14.0 Å². The van der Waals surface area contributed by atoms with Crippen LogP contribution in [0.5, 0.6) is 0 Å². The van der Waals surface area contributed by atoms with Gasteiger partial charge in [0.15, 0.2) is 6.79 Å². The zero-order valence-electron chi connectivity index (χ0n) is 6.42. The number of esters is 1. The van der Waals surface area contributed by atoms with Crippen LogP contribution < -0.4 is 0 Å². The fraction of sp³-hybridized carbons (Fsp3) is 0.833. The molecule has 0 radical (unpaired) electrons. The number of carbonyl (C=O) groups is 1. The Hall–Kier alpha value is -0.610. The van der Waals surface area contributed by atoms with Crippen LogP contribution in [0, 0.1) is 0 Å². The lowest BCUT2D eigenvalue weighted by molar-refractivity contribution is -0.191. The molecule has 0 saturated carbocycles. The maximum Gasteiger partial charge on any atom is 0.304 e. The molecule has 0 heterocycles. The van der Waals surface area contributed by atoms with Crippen LogP contribution in [0.3, 0.4) is 0 Å². The number of hydrogen-bond donors (Lipinski definition) is 0. The topological polar surface area (TPSA) is 44.8 Å². The van der Waals surface area contributed by atoms with E-state index >= 15 is 0 Å². The number of carbonyl (C=O) groups excluding carboxylic acids is 1. The summed E-state index contributed by atoms with van der Waals surface area (Å²) in [5.74, 6) is -0.358. The van der Waals surface area contributed by atoms with E-state index in [1.807, 2.05) is 0 Å². The van der Waals surface area contributed by atoms with Crippen molar-refractivity contribution in [1.82, 2.24) is 0 Å². The number of rotatable bonds is 4. The lowest BCUT2D eigenvalue weighted by atomic mass is 10.7. The quantitative estimate of drug-likeness (QED) is 0.430. The molecule has 0 aliphatic rings. The van der Waals surface area contributed by atoms with Gasteiger partial charge in [0.25, 0.3) is 0 Å². The summed E-state index contributed by atoms with van der Waals surface area (Å²) in [4.78, 5) is 10.3. The number of ether oxygens (including phenoxy) is 3. The van der Waals surface area contributed by atoms with Gasteiger partial charge in [0.1, 0.15) is 0 Å². The predicted molar refractivity (Wildman–Crippen MR) is 34.2 cm³/mol. The van der Waals surface area contributed by atoms with Gasteiger partial charge in [0.05, 0.1) is 0 Å². The molecule has 0 rings (SSSR count). The summed E-state index contributed by atoms with van der Waals surface area (Å²) in [5.41, 5.74) is 0. The van der Waals surface area contributed by atoms with Crippen LogP contribution in [0.25, 0.3) is 0 Å². The molecule has 0 bridgehead atoms. The number of methoxy groups -OCH3 is 1.